The molecule has 4 heteroatoms. The molecule has 0 saturated heterocycles. The van der Waals surface area contributed by atoms with Crippen LogP contribution in [-0.4, -0.2) is 18.9 Å². The van der Waals surface area contributed by atoms with Crippen LogP contribution >= 0.6 is 0 Å². The zero-order valence-electron chi connectivity index (χ0n) is 2.29. The Morgan fingerprint density at radius 2 is 1.00 bits per heavy atom. The van der Waals surface area contributed by atoms with Gasteiger partial charge in [-0.05, 0) is 0 Å². The van der Waals surface area contributed by atoms with Crippen LogP contribution in [-0.2, 0) is 56.1 Å². The molecular weight excluding hydrogens is 162 g/mol. The molecule has 0 aromatic carbocycles. The Hall–Kier alpha value is 2.36. The first-order valence-electron chi connectivity index (χ1n) is 0. The van der Waals surface area contributed by atoms with E-state index in [4.69, 9.17) is 0 Å². The van der Waals surface area contributed by atoms with Crippen molar-refractivity contribution in [2.45, 2.75) is 0 Å². The number of rotatable bonds is 0. The summed E-state index contributed by atoms with van der Waals surface area (Å²) in [6.45, 7) is 0. The molecule has 4 heavy (non-hydrogen) atoms. The molecule has 0 aromatic heterocycles. The van der Waals surface area contributed by atoms with Gasteiger partial charge in [-0.1, -0.05) is 0 Å². The standard InChI is InChI=1S/Cr.Li.Mn.Ti. The third-order valence-corrected chi connectivity index (χ3v) is 0. The first-order valence-corrected chi connectivity index (χ1v) is 0. The molecule has 0 nitrogen and oxygen atoms in total. The van der Waals surface area contributed by atoms with Crippen LogP contribution in [0.25, 0.3) is 0 Å². The fourth-order valence-corrected chi connectivity index (χ4v) is 0. The van der Waals surface area contributed by atoms with Crippen molar-refractivity contribution in [3.8, 4) is 0 Å². The Morgan fingerprint density at radius 1 is 1.00 bits per heavy atom. The van der Waals surface area contributed by atoms with E-state index >= 15 is 0 Å². The smallest absolute Gasteiger partial charge is 0 e. The Labute approximate surface area is 74.1 Å². The number of hydrogen-bond donors (Lipinski definition) is 0. The third-order valence-electron chi connectivity index (χ3n) is 0. The third kappa shape index (κ3) is 8.84. The van der Waals surface area contributed by atoms with Gasteiger partial charge in [0.05, 0.1) is 0 Å². The molecule has 0 aliphatic heterocycles. The normalized spacial score (nSPS) is 0. The quantitative estimate of drug-likeness (QED) is 0.425. The summed E-state index contributed by atoms with van der Waals surface area (Å²) in [6, 6.07) is 0. The van der Waals surface area contributed by atoms with E-state index in [-0.39, 0.29) is 75.0 Å². The number of hydrogen-bond acceptors (Lipinski definition) is 0. The van der Waals surface area contributed by atoms with Gasteiger partial charge in [0.15, 0.2) is 0 Å². The van der Waals surface area contributed by atoms with Gasteiger partial charge in [0.1, 0.15) is 0 Å². The van der Waals surface area contributed by atoms with Crippen LogP contribution in [0.1, 0.15) is 0 Å². The van der Waals surface area contributed by atoms with E-state index in [9.17, 15) is 0 Å². The van der Waals surface area contributed by atoms with Crippen LogP contribution in [0.5, 0.6) is 0 Å². The van der Waals surface area contributed by atoms with E-state index in [1.807, 2.05) is 0 Å². The summed E-state index contributed by atoms with van der Waals surface area (Å²) >= 11 is 0. The molecule has 0 rings (SSSR count). The molecule has 0 fully saturated rings. The van der Waals surface area contributed by atoms with Gasteiger partial charge in [0.2, 0.25) is 0 Å². The van der Waals surface area contributed by atoms with Crippen molar-refractivity contribution in [3.63, 3.8) is 0 Å². The van der Waals surface area contributed by atoms with Crippen molar-refractivity contribution in [3.05, 3.63) is 0 Å². The average molecular weight is 162 g/mol. The van der Waals surface area contributed by atoms with Gasteiger partial charge in [0, 0.05) is 75.0 Å². The van der Waals surface area contributed by atoms with Gasteiger partial charge >= 0.3 is 0 Å². The SMILES string of the molecule is [Cr].[Li].[Mn].[Ti]. The Bertz CT molecular complexity index is 8.00. The van der Waals surface area contributed by atoms with Crippen LogP contribution in [0.3, 0.4) is 0 Å². The summed E-state index contributed by atoms with van der Waals surface area (Å²) < 4.78 is 0. The molecule has 18 valence electrons. The average Bonchev–Trinajstić information content (AvgIpc) is 0. The molecule has 0 heterocycles. The maximum atomic E-state index is 0. The fraction of sp³-hybridized carbons (Fsp3) is 0. The molecule has 0 bridgehead atoms. The first kappa shape index (κ1) is 32.8. The van der Waals surface area contributed by atoms with Gasteiger partial charge < -0.3 is 0 Å². The molecule has 0 aliphatic rings. The summed E-state index contributed by atoms with van der Waals surface area (Å²) in [7, 11) is 0. The zero-order chi connectivity index (χ0) is 0. The minimum absolute atomic E-state index is 0. The van der Waals surface area contributed by atoms with E-state index in [0.29, 0.717) is 0 Å². The minimum Gasteiger partial charge on any atom is 0 e. The molecule has 0 atom stereocenters. The zero-order valence-corrected chi connectivity index (χ0v) is 6.30. The van der Waals surface area contributed by atoms with E-state index < -0.39 is 0 Å². The summed E-state index contributed by atoms with van der Waals surface area (Å²) in [5.41, 5.74) is 0. The molecular formula is CrLiMnTi. The van der Waals surface area contributed by atoms with Crippen molar-refractivity contribution in [1.82, 2.24) is 0 Å². The van der Waals surface area contributed by atoms with Crippen molar-refractivity contribution in [2.75, 3.05) is 0 Å². The van der Waals surface area contributed by atoms with E-state index in [1.165, 1.54) is 0 Å². The van der Waals surface area contributed by atoms with Gasteiger partial charge in [-0.2, -0.15) is 0 Å². The molecule has 0 amide bonds. The maximum absolute atomic E-state index is 0. The van der Waals surface area contributed by atoms with Crippen molar-refractivity contribution in [1.29, 1.82) is 0 Å². The summed E-state index contributed by atoms with van der Waals surface area (Å²) in [6.07, 6.45) is 0. The van der Waals surface area contributed by atoms with Gasteiger partial charge in [-0.15, -0.1) is 0 Å². The largest absolute Gasteiger partial charge is 0 e. The van der Waals surface area contributed by atoms with Gasteiger partial charge in [0.25, 0.3) is 0 Å². The first-order chi connectivity index (χ1) is 0. The molecule has 0 N–H and O–H groups in total. The molecule has 2 radical (unpaired) electrons. The van der Waals surface area contributed by atoms with Crippen molar-refractivity contribution >= 4 is 18.9 Å². The van der Waals surface area contributed by atoms with Crippen molar-refractivity contribution < 1.29 is 56.1 Å². The van der Waals surface area contributed by atoms with Gasteiger partial charge in [-0.3, -0.25) is 0 Å². The van der Waals surface area contributed by atoms with Crippen LogP contribution in [0, 0.1) is 0 Å². The van der Waals surface area contributed by atoms with E-state index in [0.717, 1.165) is 0 Å². The monoisotopic (exact) mass is 162 g/mol. The Kier molecular flexibility index (Phi) is 150. The Morgan fingerprint density at radius 3 is 1.00 bits per heavy atom. The predicted molar refractivity (Wildman–Crippen MR) is 5.75 cm³/mol. The van der Waals surface area contributed by atoms with Crippen LogP contribution in [0.4, 0.5) is 0 Å². The summed E-state index contributed by atoms with van der Waals surface area (Å²) in [4.78, 5) is 0. The Balaban J connectivity index is 0. The van der Waals surface area contributed by atoms with E-state index in [1.54, 1.807) is 0 Å². The molecule has 0 spiro atoms. The topological polar surface area (TPSA) is 0 Å². The van der Waals surface area contributed by atoms with Crippen LogP contribution in [0.15, 0.2) is 0 Å². The summed E-state index contributed by atoms with van der Waals surface area (Å²) in [5.74, 6) is 0. The predicted octanol–water partition coefficient (Wildman–Crippen LogP) is -0.388. The van der Waals surface area contributed by atoms with Crippen LogP contribution < -0.4 is 0 Å². The molecule has 0 saturated carbocycles. The van der Waals surface area contributed by atoms with Crippen molar-refractivity contribution in [2.24, 2.45) is 0 Å². The summed E-state index contributed by atoms with van der Waals surface area (Å²) in [5, 5.41) is 0. The van der Waals surface area contributed by atoms with Crippen LogP contribution in [0.2, 0.25) is 0 Å². The van der Waals surface area contributed by atoms with E-state index in [2.05, 4.69) is 0 Å². The minimum atomic E-state index is 0. The second-order valence-electron chi connectivity index (χ2n) is 0. The second kappa shape index (κ2) is 18.3. The molecule has 0 aliphatic carbocycles. The fourth-order valence-electron chi connectivity index (χ4n) is 0. The maximum Gasteiger partial charge on any atom is 0 e. The molecule has 0 unspecified atom stereocenters. The van der Waals surface area contributed by atoms with Gasteiger partial charge in [-0.25, -0.2) is 0 Å². The second-order valence-corrected chi connectivity index (χ2v) is 0. The molecule has 0 aromatic rings.